The normalized spacial score (nSPS) is 10.5. The summed E-state index contributed by atoms with van der Waals surface area (Å²) in [6.45, 7) is 1.97. The van der Waals surface area contributed by atoms with E-state index in [0.717, 1.165) is 0 Å². The maximum Gasteiger partial charge on any atom is 0.341 e. The van der Waals surface area contributed by atoms with Crippen LogP contribution in [0.4, 0.5) is 10.2 Å². The number of nitrogens with zero attached hydrogens (tertiary/aromatic N) is 1. The van der Waals surface area contributed by atoms with E-state index in [1.54, 1.807) is 19.1 Å². The molecule has 0 radical (unpaired) electrons. The summed E-state index contributed by atoms with van der Waals surface area (Å²) in [5, 5.41) is 0.642. The Morgan fingerprint density at radius 1 is 1.47 bits per heavy atom. The van der Waals surface area contributed by atoms with Crippen molar-refractivity contribution in [2.45, 2.75) is 6.92 Å². The van der Waals surface area contributed by atoms with Crippen LogP contribution in [0.5, 0.6) is 0 Å². The van der Waals surface area contributed by atoms with Crippen LogP contribution in [0.2, 0.25) is 0 Å². The quantitative estimate of drug-likeness (QED) is 0.808. The van der Waals surface area contributed by atoms with Gasteiger partial charge in [0.1, 0.15) is 17.2 Å². The number of aromatic nitrogens is 1. The van der Waals surface area contributed by atoms with Crippen LogP contribution in [0.3, 0.4) is 0 Å². The van der Waals surface area contributed by atoms with Crippen LogP contribution in [0.25, 0.3) is 10.9 Å². The number of halogens is 1. The first-order valence-electron chi connectivity index (χ1n) is 5.14. The van der Waals surface area contributed by atoms with Crippen LogP contribution in [-0.4, -0.2) is 17.6 Å². The number of anilines is 1. The van der Waals surface area contributed by atoms with Crippen molar-refractivity contribution >= 4 is 22.7 Å². The second kappa shape index (κ2) is 4.37. The van der Waals surface area contributed by atoms with E-state index < -0.39 is 11.8 Å². The van der Waals surface area contributed by atoms with Gasteiger partial charge in [-0.1, -0.05) is 0 Å². The van der Waals surface area contributed by atoms with Crippen molar-refractivity contribution in [3.63, 3.8) is 0 Å². The minimum absolute atomic E-state index is 0.0431. The number of esters is 1. The second-order valence-corrected chi connectivity index (χ2v) is 3.48. The number of rotatable bonds is 2. The highest BCUT2D eigenvalue weighted by atomic mass is 19.1. The van der Waals surface area contributed by atoms with Crippen molar-refractivity contribution in [3.05, 3.63) is 35.6 Å². The van der Waals surface area contributed by atoms with Crippen molar-refractivity contribution in [2.75, 3.05) is 12.3 Å². The lowest BCUT2D eigenvalue weighted by molar-refractivity contribution is 0.0527. The Labute approximate surface area is 97.2 Å². The standard InChI is InChI=1S/C12H11FN2O2/c1-2-17-12(16)9-5-7-3-4-8(13)6-10(7)15-11(9)14/h3-6H,2H2,1H3,(H2,14,15). The molecule has 5 heteroatoms. The first-order chi connectivity index (χ1) is 8.11. The van der Waals surface area contributed by atoms with Crippen LogP contribution in [0.1, 0.15) is 17.3 Å². The van der Waals surface area contributed by atoms with Crippen LogP contribution in [0.15, 0.2) is 24.3 Å². The molecule has 2 rings (SSSR count). The van der Waals surface area contributed by atoms with Gasteiger partial charge in [-0.2, -0.15) is 0 Å². The number of ether oxygens (including phenoxy) is 1. The fourth-order valence-electron chi connectivity index (χ4n) is 1.53. The zero-order valence-corrected chi connectivity index (χ0v) is 9.24. The first-order valence-corrected chi connectivity index (χ1v) is 5.14. The monoisotopic (exact) mass is 234 g/mol. The van der Waals surface area contributed by atoms with E-state index in [1.165, 1.54) is 12.1 Å². The molecule has 0 spiro atoms. The molecule has 0 unspecified atom stereocenters. The number of carbonyl (C=O) groups excluding carboxylic acids is 1. The van der Waals surface area contributed by atoms with Crippen molar-refractivity contribution in [3.8, 4) is 0 Å². The van der Waals surface area contributed by atoms with Crippen LogP contribution in [-0.2, 0) is 4.74 Å². The van der Waals surface area contributed by atoms with Gasteiger partial charge in [-0.05, 0) is 25.1 Å². The lowest BCUT2D eigenvalue weighted by atomic mass is 10.1. The predicted molar refractivity (Wildman–Crippen MR) is 62.1 cm³/mol. The summed E-state index contributed by atoms with van der Waals surface area (Å²) < 4.78 is 17.8. The summed E-state index contributed by atoms with van der Waals surface area (Å²) in [6, 6.07) is 5.66. The van der Waals surface area contributed by atoms with Crippen LogP contribution >= 0.6 is 0 Å². The Hall–Kier alpha value is -2.17. The maximum absolute atomic E-state index is 13.0. The molecule has 0 fully saturated rings. The largest absolute Gasteiger partial charge is 0.462 e. The zero-order valence-electron chi connectivity index (χ0n) is 9.24. The van der Waals surface area contributed by atoms with Crippen LogP contribution < -0.4 is 5.73 Å². The molecule has 2 N–H and O–H groups in total. The molecule has 0 aliphatic carbocycles. The fraction of sp³-hybridized carbons (Fsp3) is 0.167. The topological polar surface area (TPSA) is 65.2 Å². The molecule has 2 aromatic rings. The Balaban J connectivity index is 2.55. The third-order valence-electron chi connectivity index (χ3n) is 2.30. The summed E-state index contributed by atoms with van der Waals surface area (Å²) in [4.78, 5) is 15.5. The molecular formula is C12H11FN2O2. The molecule has 1 aromatic carbocycles. The third-order valence-corrected chi connectivity index (χ3v) is 2.30. The lowest BCUT2D eigenvalue weighted by Gasteiger charge is -2.06. The minimum atomic E-state index is -0.524. The number of nitrogen functional groups attached to an aromatic ring is 1. The molecule has 0 amide bonds. The molecule has 88 valence electrons. The second-order valence-electron chi connectivity index (χ2n) is 3.48. The van der Waals surface area contributed by atoms with Crippen molar-refractivity contribution in [2.24, 2.45) is 0 Å². The predicted octanol–water partition coefficient (Wildman–Crippen LogP) is 2.13. The molecule has 0 bridgehead atoms. The zero-order chi connectivity index (χ0) is 12.4. The molecule has 0 atom stereocenters. The van der Waals surface area contributed by atoms with Gasteiger partial charge in [0, 0.05) is 11.5 Å². The fourth-order valence-corrected chi connectivity index (χ4v) is 1.53. The van der Waals surface area contributed by atoms with Gasteiger partial charge in [0.15, 0.2) is 0 Å². The van der Waals surface area contributed by atoms with E-state index in [2.05, 4.69) is 4.98 Å². The molecule has 0 saturated heterocycles. The van der Waals surface area contributed by atoms with Crippen molar-refractivity contribution in [1.82, 2.24) is 4.98 Å². The van der Waals surface area contributed by atoms with Crippen molar-refractivity contribution in [1.29, 1.82) is 0 Å². The van der Waals surface area contributed by atoms with Gasteiger partial charge in [-0.3, -0.25) is 0 Å². The Morgan fingerprint density at radius 2 is 2.24 bits per heavy atom. The van der Waals surface area contributed by atoms with Gasteiger partial charge in [0.05, 0.1) is 12.1 Å². The van der Waals surface area contributed by atoms with E-state index in [0.29, 0.717) is 10.9 Å². The smallest absolute Gasteiger partial charge is 0.341 e. The number of hydrogen-bond donors (Lipinski definition) is 1. The minimum Gasteiger partial charge on any atom is -0.462 e. The highest BCUT2D eigenvalue weighted by Crippen LogP contribution is 2.20. The number of nitrogens with two attached hydrogens (primary N) is 1. The molecule has 0 aliphatic rings. The molecule has 1 heterocycles. The number of pyridine rings is 1. The van der Waals surface area contributed by atoms with Crippen molar-refractivity contribution < 1.29 is 13.9 Å². The Morgan fingerprint density at radius 3 is 2.94 bits per heavy atom. The van der Waals surface area contributed by atoms with E-state index >= 15 is 0 Å². The Bertz CT molecular complexity index is 584. The average molecular weight is 234 g/mol. The van der Waals surface area contributed by atoms with Crippen LogP contribution in [0, 0.1) is 5.82 Å². The number of hydrogen-bond acceptors (Lipinski definition) is 4. The van der Waals surface area contributed by atoms with Gasteiger partial charge in [-0.25, -0.2) is 14.2 Å². The van der Waals surface area contributed by atoms with Gasteiger partial charge < -0.3 is 10.5 Å². The van der Waals surface area contributed by atoms with Gasteiger partial charge in [-0.15, -0.1) is 0 Å². The SMILES string of the molecule is CCOC(=O)c1cc2ccc(F)cc2nc1N. The average Bonchev–Trinajstić information content (AvgIpc) is 2.28. The maximum atomic E-state index is 13.0. The molecule has 4 nitrogen and oxygen atoms in total. The van der Waals surface area contributed by atoms with Gasteiger partial charge >= 0.3 is 5.97 Å². The van der Waals surface area contributed by atoms with E-state index in [-0.39, 0.29) is 18.0 Å². The highest BCUT2D eigenvalue weighted by Gasteiger charge is 2.13. The highest BCUT2D eigenvalue weighted by molar-refractivity contribution is 5.98. The third kappa shape index (κ3) is 2.18. The summed E-state index contributed by atoms with van der Waals surface area (Å²) in [5.74, 6) is -0.876. The van der Waals surface area contributed by atoms with E-state index in [9.17, 15) is 9.18 Å². The molecule has 0 saturated carbocycles. The Kier molecular flexibility index (Phi) is 2.91. The summed E-state index contributed by atoms with van der Waals surface area (Å²) in [7, 11) is 0. The van der Waals surface area contributed by atoms with Gasteiger partial charge in [0.25, 0.3) is 0 Å². The summed E-state index contributed by atoms with van der Waals surface area (Å²) in [5.41, 5.74) is 6.25. The summed E-state index contributed by atoms with van der Waals surface area (Å²) >= 11 is 0. The van der Waals surface area contributed by atoms with Gasteiger partial charge in [0.2, 0.25) is 0 Å². The molecule has 0 aliphatic heterocycles. The molecular weight excluding hydrogens is 223 g/mol. The number of fused-ring (bicyclic) bond motifs is 1. The van der Waals surface area contributed by atoms with E-state index in [4.69, 9.17) is 10.5 Å². The molecule has 1 aromatic heterocycles. The lowest BCUT2D eigenvalue weighted by Crippen LogP contribution is -2.09. The molecule has 17 heavy (non-hydrogen) atoms. The number of benzene rings is 1. The number of carbonyl (C=O) groups is 1. The first kappa shape index (κ1) is 11.3. The summed E-state index contributed by atoms with van der Waals surface area (Å²) in [6.07, 6.45) is 0. The van der Waals surface area contributed by atoms with E-state index in [1.807, 2.05) is 0 Å².